The summed E-state index contributed by atoms with van der Waals surface area (Å²) < 4.78 is 5.28. The maximum absolute atomic E-state index is 5.28. The van der Waals surface area contributed by atoms with E-state index in [2.05, 4.69) is 30.4 Å². The molecule has 1 aliphatic heterocycles. The van der Waals surface area contributed by atoms with Crippen LogP contribution >= 0.6 is 0 Å². The summed E-state index contributed by atoms with van der Waals surface area (Å²) >= 11 is 0. The Balaban J connectivity index is 2.01. The van der Waals surface area contributed by atoms with E-state index in [0.29, 0.717) is 0 Å². The van der Waals surface area contributed by atoms with Gasteiger partial charge in [0.05, 0.1) is 7.11 Å². The van der Waals surface area contributed by atoms with Crippen molar-refractivity contribution in [2.45, 2.75) is 26.2 Å². The molecule has 2 heteroatoms. The number of hydrogen-bond acceptors (Lipinski definition) is 2. The molecule has 1 N–H and O–H groups in total. The number of piperidine rings is 1. The molecule has 16 heavy (non-hydrogen) atoms. The van der Waals surface area contributed by atoms with Crippen molar-refractivity contribution in [1.82, 2.24) is 5.32 Å². The van der Waals surface area contributed by atoms with Crippen LogP contribution in [0, 0.1) is 12.8 Å². The first-order chi connectivity index (χ1) is 7.79. The predicted octanol–water partition coefficient (Wildman–Crippen LogP) is 2.55. The number of ether oxygens (including phenoxy) is 1. The third-order valence-electron chi connectivity index (χ3n) is 3.38. The first-order valence-corrected chi connectivity index (χ1v) is 6.14. The van der Waals surface area contributed by atoms with Crippen LogP contribution in [0.2, 0.25) is 0 Å². The maximum Gasteiger partial charge on any atom is 0.121 e. The van der Waals surface area contributed by atoms with Gasteiger partial charge in [-0.3, -0.25) is 0 Å². The van der Waals surface area contributed by atoms with E-state index in [1.807, 2.05) is 0 Å². The summed E-state index contributed by atoms with van der Waals surface area (Å²) in [5.74, 6) is 1.80. The minimum Gasteiger partial charge on any atom is -0.496 e. The van der Waals surface area contributed by atoms with Gasteiger partial charge in [-0.1, -0.05) is 12.1 Å². The number of hydrogen-bond donors (Lipinski definition) is 1. The Morgan fingerprint density at radius 1 is 1.44 bits per heavy atom. The van der Waals surface area contributed by atoms with Gasteiger partial charge in [0.15, 0.2) is 0 Å². The molecule has 0 unspecified atom stereocenters. The zero-order valence-corrected chi connectivity index (χ0v) is 10.3. The van der Waals surface area contributed by atoms with E-state index in [1.165, 1.54) is 43.5 Å². The average molecular weight is 219 g/mol. The van der Waals surface area contributed by atoms with Gasteiger partial charge >= 0.3 is 0 Å². The van der Waals surface area contributed by atoms with Crippen LogP contribution in [-0.4, -0.2) is 20.2 Å². The number of rotatable bonds is 3. The minimum atomic E-state index is 0.807. The molecule has 2 rings (SSSR count). The van der Waals surface area contributed by atoms with E-state index in [4.69, 9.17) is 4.74 Å². The van der Waals surface area contributed by atoms with Gasteiger partial charge in [0.1, 0.15) is 5.75 Å². The molecule has 0 aliphatic carbocycles. The summed E-state index contributed by atoms with van der Waals surface area (Å²) in [5, 5.41) is 3.47. The second-order valence-corrected chi connectivity index (χ2v) is 4.72. The SMILES string of the molecule is COc1ccc(C[C@@H]2CCCNC2)cc1C. The van der Waals surface area contributed by atoms with E-state index >= 15 is 0 Å². The Morgan fingerprint density at radius 3 is 2.94 bits per heavy atom. The fraction of sp³-hybridized carbons (Fsp3) is 0.571. The molecule has 1 atom stereocenters. The molecular weight excluding hydrogens is 198 g/mol. The fourth-order valence-electron chi connectivity index (χ4n) is 2.50. The van der Waals surface area contributed by atoms with Crippen LogP contribution in [0.4, 0.5) is 0 Å². The van der Waals surface area contributed by atoms with Gasteiger partial charge in [0.2, 0.25) is 0 Å². The normalized spacial score (nSPS) is 20.8. The summed E-state index contributed by atoms with van der Waals surface area (Å²) in [6, 6.07) is 6.54. The molecule has 0 saturated carbocycles. The third kappa shape index (κ3) is 2.76. The topological polar surface area (TPSA) is 21.3 Å². The molecule has 0 aromatic heterocycles. The van der Waals surface area contributed by atoms with Crippen LogP contribution in [0.5, 0.6) is 5.75 Å². The predicted molar refractivity (Wildman–Crippen MR) is 67.0 cm³/mol. The van der Waals surface area contributed by atoms with Crippen LogP contribution in [0.1, 0.15) is 24.0 Å². The average Bonchev–Trinajstić information content (AvgIpc) is 2.31. The Morgan fingerprint density at radius 2 is 2.31 bits per heavy atom. The van der Waals surface area contributed by atoms with Crippen molar-refractivity contribution in [3.63, 3.8) is 0 Å². The summed E-state index contributed by atoms with van der Waals surface area (Å²) in [7, 11) is 1.73. The summed E-state index contributed by atoms with van der Waals surface area (Å²) in [6.45, 7) is 4.48. The van der Waals surface area contributed by atoms with E-state index in [0.717, 1.165) is 11.7 Å². The molecule has 88 valence electrons. The molecular formula is C14H21NO. The van der Waals surface area contributed by atoms with Crippen molar-refractivity contribution in [2.24, 2.45) is 5.92 Å². The third-order valence-corrected chi connectivity index (χ3v) is 3.38. The Bertz CT molecular complexity index is 343. The Labute approximate surface area is 98.0 Å². The maximum atomic E-state index is 5.28. The molecule has 0 amide bonds. The van der Waals surface area contributed by atoms with Gasteiger partial charge in [-0.05, 0) is 62.4 Å². The zero-order chi connectivity index (χ0) is 11.4. The second-order valence-electron chi connectivity index (χ2n) is 4.72. The van der Waals surface area contributed by atoms with Crippen molar-refractivity contribution < 1.29 is 4.74 Å². The van der Waals surface area contributed by atoms with Crippen molar-refractivity contribution in [1.29, 1.82) is 0 Å². The van der Waals surface area contributed by atoms with E-state index in [1.54, 1.807) is 7.11 Å². The summed E-state index contributed by atoms with van der Waals surface area (Å²) in [5.41, 5.74) is 2.68. The molecule has 1 aliphatic rings. The van der Waals surface area contributed by atoms with E-state index in [9.17, 15) is 0 Å². The highest BCUT2D eigenvalue weighted by molar-refractivity contribution is 5.36. The lowest BCUT2D eigenvalue weighted by Gasteiger charge is -2.23. The summed E-state index contributed by atoms with van der Waals surface area (Å²) in [4.78, 5) is 0. The van der Waals surface area contributed by atoms with Crippen molar-refractivity contribution in [3.8, 4) is 5.75 Å². The lowest BCUT2D eigenvalue weighted by Crippen LogP contribution is -2.30. The van der Waals surface area contributed by atoms with E-state index in [-0.39, 0.29) is 0 Å². The molecule has 2 nitrogen and oxygen atoms in total. The first kappa shape index (κ1) is 11.5. The second kappa shape index (κ2) is 5.35. The van der Waals surface area contributed by atoms with Gasteiger partial charge < -0.3 is 10.1 Å². The number of nitrogens with one attached hydrogen (secondary N) is 1. The summed E-state index contributed by atoms with van der Waals surface area (Å²) in [6.07, 6.45) is 3.87. The highest BCUT2D eigenvalue weighted by Gasteiger charge is 2.13. The lowest BCUT2D eigenvalue weighted by molar-refractivity contribution is 0.375. The van der Waals surface area contributed by atoms with Crippen LogP contribution in [0.25, 0.3) is 0 Å². The number of aryl methyl sites for hydroxylation is 1. The standard InChI is InChI=1S/C14H21NO/c1-11-8-12(5-6-14(11)16-2)9-13-4-3-7-15-10-13/h5-6,8,13,15H,3-4,7,9-10H2,1-2H3/t13-/m0/s1. The van der Waals surface area contributed by atoms with E-state index < -0.39 is 0 Å². The quantitative estimate of drug-likeness (QED) is 0.843. The van der Waals surface area contributed by atoms with Gasteiger partial charge in [0, 0.05) is 0 Å². The van der Waals surface area contributed by atoms with Gasteiger partial charge in [-0.2, -0.15) is 0 Å². The molecule has 1 aromatic rings. The largest absolute Gasteiger partial charge is 0.496 e. The Hall–Kier alpha value is -1.02. The number of methoxy groups -OCH3 is 1. The monoisotopic (exact) mass is 219 g/mol. The van der Waals surface area contributed by atoms with Crippen LogP contribution in [0.3, 0.4) is 0 Å². The fourth-order valence-corrected chi connectivity index (χ4v) is 2.50. The lowest BCUT2D eigenvalue weighted by atomic mass is 9.92. The van der Waals surface area contributed by atoms with Gasteiger partial charge in [-0.15, -0.1) is 0 Å². The minimum absolute atomic E-state index is 0.807. The van der Waals surface area contributed by atoms with Gasteiger partial charge in [-0.25, -0.2) is 0 Å². The molecule has 0 spiro atoms. The van der Waals surface area contributed by atoms with Crippen LogP contribution in [-0.2, 0) is 6.42 Å². The number of benzene rings is 1. The highest BCUT2D eigenvalue weighted by atomic mass is 16.5. The highest BCUT2D eigenvalue weighted by Crippen LogP contribution is 2.22. The first-order valence-electron chi connectivity index (χ1n) is 6.14. The van der Waals surface area contributed by atoms with Crippen molar-refractivity contribution in [3.05, 3.63) is 29.3 Å². The smallest absolute Gasteiger partial charge is 0.121 e. The van der Waals surface area contributed by atoms with Crippen LogP contribution < -0.4 is 10.1 Å². The van der Waals surface area contributed by atoms with Crippen molar-refractivity contribution >= 4 is 0 Å². The zero-order valence-electron chi connectivity index (χ0n) is 10.3. The van der Waals surface area contributed by atoms with Crippen LogP contribution in [0.15, 0.2) is 18.2 Å². The molecule has 1 heterocycles. The molecule has 1 saturated heterocycles. The Kier molecular flexibility index (Phi) is 3.83. The molecule has 1 aromatic carbocycles. The van der Waals surface area contributed by atoms with Gasteiger partial charge in [0.25, 0.3) is 0 Å². The molecule has 0 radical (unpaired) electrons. The van der Waals surface area contributed by atoms with Crippen molar-refractivity contribution in [2.75, 3.05) is 20.2 Å². The molecule has 1 fully saturated rings. The molecule has 0 bridgehead atoms.